The largest absolute Gasteiger partial charge is 0.303 e. The fraction of sp³-hybridized carbons (Fsp3) is 0.0714. The molecule has 0 fully saturated rings. The third kappa shape index (κ3) is 2.56. The van der Waals surface area contributed by atoms with E-state index in [1.165, 1.54) is 12.1 Å². The molecule has 2 aromatic rings. The molecule has 1 nitrogen and oxygen atoms in total. The van der Waals surface area contributed by atoms with Crippen molar-refractivity contribution in [1.29, 1.82) is 0 Å². The predicted octanol–water partition coefficient (Wildman–Crippen LogP) is 3.37. The Balaban J connectivity index is 2.55. The SMILES string of the molecule is O=CCc1ccccc1-c1cc(F)cc(F)c1. The fourth-order valence-corrected chi connectivity index (χ4v) is 1.78. The number of hydrogen-bond acceptors (Lipinski definition) is 1. The molecule has 0 N–H and O–H groups in total. The van der Waals surface area contributed by atoms with Crippen molar-refractivity contribution >= 4 is 6.29 Å². The Morgan fingerprint density at radius 1 is 1.00 bits per heavy atom. The lowest BCUT2D eigenvalue weighted by Gasteiger charge is -2.07. The topological polar surface area (TPSA) is 17.1 Å². The van der Waals surface area contributed by atoms with Gasteiger partial charge in [-0.1, -0.05) is 24.3 Å². The lowest BCUT2D eigenvalue weighted by atomic mass is 9.98. The molecule has 0 aliphatic heterocycles. The van der Waals surface area contributed by atoms with Gasteiger partial charge in [0.25, 0.3) is 0 Å². The Morgan fingerprint density at radius 3 is 2.29 bits per heavy atom. The second kappa shape index (κ2) is 4.87. The van der Waals surface area contributed by atoms with E-state index >= 15 is 0 Å². The number of halogens is 2. The quantitative estimate of drug-likeness (QED) is 0.741. The van der Waals surface area contributed by atoms with E-state index in [0.717, 1.165) is 17.9 Å². The van der Waals surface area contributed by atoms with E-state index in [9.17, 15) is 13.6 Å². The van der Waals surface area contributed by atoms with Gasteiger partial charge in [-0.05, 0) is 28.8 Å². The number of carbonyl (C=O) groups excluding carboxylic acids is 1. The molecular formula is C14H10F2O. The summed E-state index contributed by atoms with van der Waals surface area (Å²) in [5.41, 5.74) is 1.88. The van der Waals surface area contributed by atoms with Gasteiger partial charge in [0, 0.05) is 12.5 Å². The monoisotopic (exact) mass is 232 g/mol. The third-order valence-corrected chi connectivity index (χ3v) is 2.49. The van der Waals surface area contributed by atoms with Crippen LogP contribution in [-0.2, 0) is 11.2 Å². The molecule has 86 valence electrons. The Labute approximate surface area is 97.7 Å². The standard InChI is InChI=1S/C14H10F2O/c15-12-7-11(8-13(16)9-12)14-4-2-1-3-10(14)5-6-17/h1-4,6-9H,5H2. The van der Waals surface area contributed by atoms with Gasteiger partial charge >= 0.3 is 0 Å². The van der Waals surface area contributed by atoms with Crippen LogP contribution in [0, 0.1) is 11.6 Å². The van der Waals surface area contributed by atoms with Crippen LogP contribution >= 0.6 is 0 Å². The van der Waals surface area contributed by atoms with Gasteiger partial charge in [0.15, 0.2) is 0 Å². The molecule has 0 heterocycles. The highest BCUT2D eigenvalue weighted by Gasteiger charge is 2.07. The first-order valence-corrected chi connectivity index (χ1v) is 5.18. The molecule has 0 unspecified atom stereocenters. The Kier molecular flexibility index (Phi) is 3.28. The highest BCUT2D eigenvalue weighted by molar-refractivity contribution is 5.71. The normalized spacial score (nSPS) is 10.2. The van der Waals surface area contributed by atoms with E-state index in [1.54, 1.807) is 24.3 Å². The second-order valence-electron chi connectivity index (χ2n) is 3.69. The van der Waals surface area contributed by atoms with Crippen molar-refractivity contribution in [3.63, 3.8) is 0 Å². The van der Waals surface area contributed by atoms with Gasteiger partial charge in [0.05, 0.1) is 0 Å². The van der Waals surface area contributed by atoms with E-state index < -0.39 is 11.6 Å². The molecule has 0 aromatic heterocycles. The molecule has 0 aliphatic carbocycles. The molecule has 0 radical (unpaired) electrons. The van der Waals surface area contributed by atoms with Crippen molar-refractivity contribution in [2.45, 2.75) is 6.42 Å². The van der Waals surface area contributed by atoms with Crippen molar-refractivity contribution in [3.8, 4) is 11.1 Å². The summed E-state index contributed by atoms with van der Waals surface area (Å²) in [6.07, 6.45) is 1.00. The summed E-state index contributed by atoms with van der Waals surface area (Å²) in [5.74, 6) is -1.25. The van der Waals surface area contributed by atoms with Gasteiger partial charge in [0.2, 0.25) is 0 Å². The Bertz CT molecular complexity index is 529. The van der Waals surface area contributed by atoms with Gasteiger partial charge < -0.3 is 4.79 Å². The van der Waals surface area contributed by atoms with Crippen molar-refractivity contribution in [3.05, 3.63) is 59.7 Å². The number of hydrogen-bond donors (Lipinski definition) is 0. The maximum absolute atomic E-state index is 13.1. The fourth-order valence-electron chi connectivity index (χ4n) is 1.78. The summed E-state index contributed by atoms with van der Waals surface area (Å²) < 4.78 is 26.2. The van der Waals surface area contributed by atoms with Crippen molar-refractivity contribution in [1.82, 2.24) is 0 Å². The highest BCUT2D eigenvalue weighted by atomic mass is 19.1. The van der Waals surface area contributed by atoms with E-state index in [2.05, 4.69) is 0 Å². The minimum Gasteiger partial charge on any atom is -0.303 e. The van der Waals surface area contributed by atoms with Gasteiger partial charge in [-0.15, -0.1) is 0 Å². The molecule has 0 bridgehead atoms. The van der Waals surface area contributed by atoms with E-state index in [0.29, 0.717) is 11.1 Å². The maximum atomic E-state index is 13.1. The van der Waals surface area contributed by atoms with E-state index in [1.807, 2.05) is 0 Å². The van der Waals surface area contributed by atoms with Crippen LogP contribution in [0.25, 0.3) is 11.1 Å². The van der Waals surface area contributed by atoms with Crippen LogP contribution in [0.15, 0.2) is 42.5 Å². The van der Waals surface area contributed by atoms with Crippen molar-refractivity contribution in [2.75, 3.05) is 0 Å². The number of rotatable bonds is 3. The molecule has 0 spiro atoms. The first kappa shape index (κ1) is 11.5. The summed E-state index contributed by atoms with van der Waals surface area (Å²) >= 11 is 0. The van der Waals surface area contributed by atoms with Crippen LogP contribution in [0.3, 0.4) is 0 Å². The zero-order valence-corrected chi connectivity index (χ0v) is 8.99. The molecule has 0 saturated carbocycles. The first-order valence-electron chi connectivity index (χ1n) is 5.18. The van der Waals surface area contributed by atoms with E-state index in [4.69, 9.17) is 0 Å². The summed E-state index contributed by atoms with van der Waals surface area (Å²) in [5, 5.41) is 0. The molecule has 0 amide bonds. The van der Waals surface area contributed by atoms with E-state index in [-0.39, 0.29) is 6.42 Å². The third-order valence-electron chi connectivity index (χ3n) is 2.49. The molecule has 2 rings (SSSR count). The molecular weight excluding hydrogens is 222 g/mol. The van der Waals surface area contributed by atoms with Crippen LogP contribution in [0.4, 0.5) is 8.78 Å². The number of aldehydes is 1. The molecule has 17 heavy (non-hydrogen) atoms. The molecule has 0 saturated heterocycles. The molecule has 0 aliphatic rings. The molecule has 0 atom stereocenters. The van der Waals surface area contributed by atoms with Crippen LogP contribution in [0.2, 0.25) is 0 Å². The molecule has 3 heteroatoms. The highest BCUT2D eigenvalue weighted by Crippen LogP contribution is 2.25. The molecule has 2 aromatic carbocycles. The van der Waals surface area contributed by atoms with Crippen molar-refractivity contribution in [2.24, 2.45) is 0 Å². The number of carbonyl (C=O) groups is 1. The average Bonchev–Trinajstić information content (AvgIpc) is 2.29. The summed E-state index contributed by atoms with van der Waals surface area (Å²) in [6, 6.07) is 10.4. The Morgan fingerprint density at radius 2 is 1.65 bits per heavy atom. The lowest BCUT2D eigenvalue weighted by Crippen LogP contribution is -1.92. The van der Waals surface area contributed by atoms with Crippen LogP contribution in [0.1, 0.15) is 5.56 Å². The maximum Gasteiger partial charge on any atom is 0.126 e. The zero-order chi connectivity index (χ0) is 12.3. The second-order valence-corrected chi connectivity index (χ2v) is 3.69. The first-order chi connectivity index (χ1) is 8.20. The average molecular weight is 232 g/mol. The zero-order valence-electron chi connectivity index (χ0n) is 8.99. The Hall–Kier alpha value is -2.03. The summed E-state index contributed by atoms with van der Waals surface area (Å²) in [4.78, 5) is 10.5. The van der Waals surface area contributed by atoms with Gasteiger partial charge in [-0.2, -0.15) is 0 Å². The number of benzene rings is 2. The van der Waals surface area contributed by atoms with Gasteiger partial charge in [-0.25, -0.2) is 8.78 Å². The predicted molar refractivity (Wildman–Crippen MR) is 61.6 cm³/mol. The minimum atomic E-state index is -0.624. The smallest absolute Gasteiger partial charge is 0.126 e. The van der Waals surface area contributed by atoms with Gasteiger partial charge in [0.1, 0.15) is 17.9 Å². The lowest BCUT2D eigenvalue weighted by molar-refractivity contribution is -0.107. The van der Waals surface area contributed by atoms with Crippen LogP contribution in [-0.4, -0.2) is 6.29 Å². The summed E-state index contributed by atoms with van der Waals surface area (Å²) in [7, 11) is 0. The summed E-state index contributed by atoms with van der Waals surface area (Å²) in [6.45, 7) is 0. The van der Waals surface area contributed by atoms with Crippen LogP contribution in [0.5, 0.6) is 0 Å². The van der Waals surface area contributed by atoms with Crippen molar-refractivity contribution < 1.29 is 13.6 Å². The van der Waals surface area contributed by atoms with Crippen LogP contribution < -0.4 is 0 Å². The van der Waals surface area contributed by atoms with Gasteiger partial charge in [-0.3, -0.25) is 0 Å². The minimum absolute atomic E-state index is 0.230.